The summed E-state index contributed by atoms with van der Waals surface area (Å²) < 4.78 is 144. The van der Waals surface area contributed by atoms with E-state index in [9.17, 15) is 53.1 Å². The molecule has 1 N–H and O–H groups in total. The molecule has 194 valence electrons. The number of hydrogen-bond donors (Lipinski definition) is 1. The summed E-state index contributed by atoms with van der Waals surface area (Å²) in [6.45, 7) is 4.96. The molecule has 1 unspecified atom stereocenters. The molecule has 0 rings (SSSR count). The molecule has 0 aliphatic rings. The molecule has 0 aromatic heterocycles. The molecule has 0 aliphatic heterocycles. The zero-order valence-electron chi connectivity index (χ0n) is 17.6. The van der Waals surface area contributed by atoms with Crippen molar-refractivity contribution >= 4 is 22.0 Å². The maximum atomic E-state index is 14.0. The summed E-state index contributed by atoms with van der Waals surface area (Å²) in [5, 5.41) is -5.07. The van der Waals surface area contributed by atoms with Gasteiger partial charge in [0, 0.05) is 12.1 Å². The van der Waals surface area contributed by atoms with Crippen LogP contribution in [-0.4, -0.2) is 71.8 Å². The summed E-state index contributed by atoms with van der Waals surface area (Å²) in [5.74, 6) is -9.97. The molecular formula is C16H21F8NO7S. The van der Waals surface area contributed by atoms with Crippen molar-refractivity contribution in [2.24, 2.45) is 0 Å². The lowest BCUT2D eigenvalue weighted by Gasteiger charge is -2.40. The number of carbonyl (C=O) groups excluding carboxylic acids is 2. The molecule has 0 aliphatic carbocycles. The standard InChI is InChI=1S/C16H21F8NO7S/c1-8(2)25(9(3)4)12(27)14(16(22,23)24,32-11(26)10(5)15(19,20)21)31-7-6-13(17,18)33(28,29)30/h8-9H,5-7H2,1-4H3,(H,28,29,30). The maximum Gasteiger partial charge on any atom is 0.466 e. The van der Waals surface area contributed by atoms with Crippen LogP contribution < -0.4 is 0 Å². The van der Waals surface area contributed by atoms with Crippen LogP contribution in [0.25, 0.3) is 0 Å². The molecule has 0 saturated heterocycles. The number of nitrogens with zero attached hydrogens (tertiary/aromatic N) is 1. The van der Waals surface area contributed by atoms with Crippen molar-refractivity contribution in [1.82, 2.24) is 4.90 Å². The third kappa shape index (κ3) is 7.23. The van der Waals surface area contributed by atoms with Crippen LogP contribution in [0.15, 0.2) is 12.2 Å². The number of rotatable bonds is 10. The Morgan fingerprint density at radius 3 is 1.70 bits per heavy atom. The average molecular weight is 523 g/mol. The molecule has 17 heteroatoms. The van der Waals surface area contributed by atoms with E-state index in [1.165, 1.54) is 27.7 Å². The Kier molecular flexibility index (Phi) is 9.47. The van der Waals surface area contributed by atoms with Crippen molar-refractivity contribution in [3.8, 4) is 0 Å². The third-order valence-electron chi connectivity index (χ3n) is 3.90. The van der Waals surface area contributed by atoms with Crippen molar-refractivity contribution < 1.29 is 67.2 Å². The average Bonchev–Trinajstić information content (AvgIpc) is 2.56. The molecule has 0 fully saturated rings. The number of hydrogen-bond acceptors (Lipinski definition) is 6. The zero-order valence-corrected chi connectivity index (χ0v) is 18.4. The Bertz CT molecular complexity index is 844. The van der Waals surface area contributed by atoms with Gasteiger partial charge in [0.1, 0.15) is 5.57 Å². The Hall–Kier alpha value is -2.01. The number of carbonyl (C=O) groups is 2. The number of alkyl halides is 8. The fraction of sp³-hybridized carbons (Fsp3) is 0.750. The van der Waals surface area contributed by atoms with Crippen LogP contribution in [-0.2, 0) is 29.2 Å². The van der Waals surface area contributed by atoms with Crippen molar-refractivity contribution in [2.75, 3.05) is 6.61 Å². The Balaban J connectivity index is 6.59. The number of ether oxygens (including phenoxy) is 2. The van der Waals surface area contributed by atoms with Gasteiger partial charge in [-0.05, 0) is 27.7 Å². The molecule has 0 heterocycles. The SMILES string of the molecule is C=C(C(=O)OC(OCCC(F)(F)S(=O)(=O)O)(C(=O)N(C(C)C)C(C)C)C(F)(F)F)C(F)(F)F. The number of halogens is 8. The molecule has 1 atom stereocenters. The topological polar surface area (TPSA) is 110 Å². The minimum Gasteiger partial charge on any atom is -0.412 e. The summed E-state index contributed by atoms with van der Waals surface area (Å²) in [7, 11) is -6.14. The highest BCUT2D eigenvalue weighted by Gasteiger charge is 2.68. The predicted molar refractivity (Wildman–Crippen MR) is 94.3 cm³/mol. The van der Waals surface area contributed by atoms with E-state index >= 15 is 0 Å². The van der Waals surface area contributed by atoms with Gasteiger partial charge >= 0.3 is 45.4 Å². The van der Waals surface area contributed by atoms with Gasteiger partial charge in [-0.3, -0.25) is 9.35 Å². The van der Waals surface area contributed by atoms with E-state index in [2.05, 4.69) is 16.1 Å². The van der Waals surface area contributed by atoms with Gasteiger partial charge in [-0.25, -0.2) is 4.79 Å². The van der Waals surface area contributed by atoms with E-state index in [0.29, 0.717) is 4.90 Å². The van der Waals surface area contributed by atoms with Crippen LogP contribution >= 0.6 is 0 Å². The van der Waals surface area contributed by atoms with E-state index < -0.39 is 76.1 Å². The van der Waals surface area contributed by atoms with Crippen LogP contribution in [0.5, 0.6) is 0 Å². The molecule has 0 aromatic rings. The molecule has 8 nitrogen and oxygen atoms in total. The normalized spacial score (nSPS) is 15.4. The Labute approximate surface area is 183 Å². The van der Waals surface area contributed by atoms with Gasteiger partial charge in [-0.15, -0.1) is 0 Å². The van der Waals surface area contributed by atoms with Gasteiger partial charge in [0.05, 0.1) is 13.0 Å². The first-order valence-electron chi connectivity index (χ1n) is 8.80. The maximum absolute atomic E-state index is 14.0. The first-order chi connectivity index (χ1) is 14.4. The van der Waals surface area contributed by atoms with Crippen LogP contribution in [0.3, 0.4) is 0 Å². The quantitative estimate of drug-likeness (QED) is 0.154. The molecule has 1 amide bonds. The van der Waals surface area contributed by atoms with Crippen molar-refractivity contribution in [1.29, 1.82) is 0 Å². The van der Waals surface area contributed by atoms with Gasteiger partial charge in [0.15, 0.2) is 0 Å². The molecule has 0 radical (unpaired) electrons. The summed E-state index contributed by atoms with van der Waals surface area (Å²) in [6.07, 6.45) is -13.9. The van der Waals surface area contributed by atoms with Crippen LogP contribution in [0.1, 0.15) is 34.1 Å². The van der Waals surface area contributed by atoms with E-state index in [4.69, 9.17) is 4.55 Å². The number of esters is 1. The van der Waals surface area contributed by atoms with Gasteiger partial charge in [0.25, 0.3) is 0 Å². The summed E-state index contributed by atoms with van der Waals surface area (Å²) in [4.78, 5) is 24.9. The fourth-order valence-corrected chi connectivity index (χ4v) is 2.72. The minimum atomic E-state index is -6.14. The zero-order chi connectivity index (χ0) is 26.8. The molecule has 0 aromatic carbocycles. The largest absolute Gasteiger partial charge is 0.466 e. The fourth-order valence-electron chi connectivity index (χ4n) is 2.38. The molecule has 0 saturated carbocycles. The van der Waals surface area contributed by atoms with E-state index in [1.807, 2.05) is 0 Å². The molecule has 0 spiro atoms. The third-order valence-corrected chi connectivity index (χ3v) is 4.86. The van der Waals surface area contributed by atoms with Gasteiger partial charge in [-0.1, -0.05) is 6.58 Å². The molecule has 0 bridgehead atoms. The second-order valence-corrected chi connectivity index (χ2v) is 8.64. The van der Waals surface area contributed by atoms with Crippen molar-refractivity contribution in [3.05, 3.63) is 12.2 Å². The first kappa shape index (κ1) is 31.0. The highest BCUT2D eigenvalue weighted by molar-refractivity contribution is 7.86. The monoisotopic (exact) mass is 523 g/mol. The van der Waals surface area contributed by atoms with Gasteiger partial charge < -0.3 is 14.4 Å². The van der Waals surface area contributed by atoms with E-state index in [0.717, 1.165) is 0 Å². The van der Waals surface area contributed by atoms with Crippen molar-refractivity contribution in [3.63, 3.8) is 0 Å². The summed E-state index contributed by atoms with van der Waals surface area (Å²) in [6, 6.07) is -2.18. The van der Waals surface area contributed by atoms with Crippen LogP contribution in [0, 0.1) is 0 Å². The van der Waals surface area contributed by atoms with Crippen LogP contribution in [0.2, 0.25) is 0 Å². The van der Waals surface area contributed by atoms with Gasteiger partial charge in [-0.2, -0.15) is 43.5 Å². The van der Waals surface area contributed by atoms with Gasteiger partial charge in [0.2, 0.25) is 0 Å². The second kappa shape index (κ2) is 10.1. The van der Waals surface area contributed by atoms with Crippen molar-refractivity contribution in [2.45, 2.75) is 69.6 Å². The Morgan fingerprint density at radius 1 is 0.970 bits per heavy atom. The lowest BCUT2D eigenvalue weighted by Crippen LogP contribution is -2.64. The lowest BCUT2D eigenvalue weighted by molar-refractivity contribution is -0.353. The molecule has 33 heavy (non-hydrogen) atoms. The molecular weight excluding hydrogens is 502 g/mol. The van der Waals surface area contributed by atoms with Crippen LogP contribution in [0.4, 0.5) is 35.1 Å². The first-order valence-corrected chi connectivity index (χ1v) is 10.2. The summed E-state index contributed by atoms with van der Waals surface area (Å²) >= 11 is 0. The lowest BCUT2D eigenvalue weighted by atomic mass is 10.1. The number of amides is 1. The second-order valence-electron chi connectivity index (χ2n) is 7.09. The summed E-state index contributed by atoms with van der Waals surface area (Å²) in [5.41, 5.74) is -2.48. The highest BCUT2D eigenvalue weighted by Crippen LogP contribution is 2.40. The Morgan fingerprint density at radius 2 is 1.39 bits per heavy atom. The van der Waals surface area contributed by atoms with E-state index in [1.54, 1.807) is 0 Å². The minimum absolute atomic E-state index is 0.387. The van der Waals surface area contributed by atoms with E-state index in [-0.39, 0.29) is 0 Å². The predicted octanol–water partition coefficient (Wildman–Crippen LogP) is 3.44. The highest BCUT2D eigenvalue weighted by atomic mass is 32.2. The smallest absolute Gasteiger partial charge is 0.412 e.